The van der Waals surface area contributed by atoms with Crippen LogP contribution in [-0.2, 0) is 11.3 Å². The number of carbonyl (C=O) groups excluding carboxylic acids is 1. The number of hydrogen-bond donors (Lipinski definition) is 1. The van der Waals surface area contributed by atoms with Gasteiger partial charge in [-0.05, 0) is 37.7 Å². The van der Waals surface area contributed by atoms with E-state index in [4.69, 9.17) is 0 Å². The van der Waals surface area contributed by atoms with Gasteiger partial charge >= 0.3 is 0 Å². The van der Waals surface area contributed by atoms with Crippen molar-refractivity contribution >= 4 is 5.91 Å². The molecule has 2 aromatic carbocycles. The van der Waals surface area contributed by atoms with Gasteiger partial charge in [0.05, 0.1) is 6.54 Å². The zero-order chi connectivity index (χ0) is 17.7. The summed E-state index contributed by atoms with van der Waals surface area (Å²) in [6, 6.07) is 9.20. The molecule has 6 heteroatoms. The third-order valence-electron chi connectivity index (χ3n) is 3.82. The monoisotopic (exact) mass is 336 g/mol. The number of nitrogens with one attached hydrogen (secondary N) is 1. The van der Waals surface area contributed by atoms with Crippen LogP contribution in [0.3, 0.4) is 0 Å². The first kappa shape index (κ1) is 18.0. The van der Waals surface area contributed by atoms with Crippen LogP contribution >= 0.6 is 0 Å². The predicted octanol–water partition coefficient (Wildman–Crippen LogP) is 3.41. The lowest BCUT2D eigenvalue weighted by Crippen LogP contribution is -2.36. The Balaban J connectivity index is 1.90. The Morgan fingerprint density at radius 2 is 1.75 bits per heavy atom. The van der Waals surface area contributed by atoms with Gasteiger partial charge in [0.1, 0.15) is 17.5 Å². The van der Waals surface area contributed by atoms with Crippen LogP contribution in [0, 0.1) is 17.5 Å². The lowest BCUT2D eigenvalue weighted by molar-refractivity contribution is -0.122. The zero-order valence-electron chi connectivity index (χ0n) is 13.5. The minimum atomic E-state index is -0.690. The van der Waals surface area contributed by atoms with E-state index < -0.39 is 11.6 Å². The summed E-state index contributed by atoms with van der Waals surface area (Å²) in [6.45, 7) is 1.86. The van der Waals surface area contributed by atoms with Gasteiger partial charge in [-0.2, -0.15) is 0 Å². The van der Waals surface area contributed by atoms with Gasteiger partial charge in [0.15, 0.2) is 0 Å². The van der Waals surface area contributed by atoms with E-state index in [1.807, 2.05) is 0 Å². The number of nitrogens with zero attached hydrogens (tertiary/aromatic N) is 1. The molecule has 3 nitrogen and oxygen atoms in total. The van der Waals surface area contributed by atoms with Crippen LogP contribution in [0.15, 0.2) is 42.5 Å². The number of rotatable bonds is 6. The maximum atomic E-state index is 13.8. The third-order valence-corrected chi connectivity index (χ3v) is 3.82. The summed E-state index contributed by atoms with van der Waals surface area (Å²) in [5.74, 6) is -2.02. The zero-order valence-corrected chi connectivity index (χ0v) is 13.5. The Morgan fingerprint density at radius 3 is 2.38 bits per heavy atom. The molecule has 0 heterocycles. The molecule has 0 bridgehead atoms. The van der Waals surface area contributed by atoms with E-state index in [1.165, 1.54) is 6.07 Å². The molecule has 0 saturated carbocycles. The highest BCUT2D eigenvalue weighted by Gasteiger charge is 2.17. The molecule has 1 atom stereocenters. The standard InChI is InChI=1S/C18H19F3N2O/c1-12(16-5-3-4-6-17(16)21)23(2)11-18(24)22-10-13-7-14(19)9-15(20)8-13/h3-9,12H,10-11H2,1-2H3,(H,22,24). The Hall–Kier alpha value is -2.34. The molecule has 0 aromatic heterocycles. The summed E-state index contributed by atoms with van der Waals surface area (Å²) in [5, 5.41) is 2.60. The van der Waals surface area contributed by atoms with Crippen LogP contribution in [0.4, 0.5) is 13.2 Å². The van der Waals surface area contributed by atoms with E-state index in [0.717, 1.165) is 18.2 Å². The van der Waals surface area contributed by atoms with Gasteiger partial charge in [-0.3, -0.25) is 9.69 Å². The average Bonchev–Trinajstić information content (AvgIpc) is 2.52. The SMILES string of the molecule is CC(c1ccccc1F)N(C)CC(=O)NCc1cc(F)cc(F)c1. The van der Waals surface area contributed by atoms with Gasteiger partial charge in [-0.25, -0.2) is 13.2 Å². The second-order valence-corrected chi connectivity index (χ2v) is 5.67. The van der Waals surface area contributed by atoms with Crippen molar-refractivity contribution in [2.75, 3.05) is 13.6 Å². The number of amides is 1. The fraction of sp³-hybridized carbons (Fsp3) is 0.278. The molecule has 1 unspecified atom stereocenters. The molecule has 0 aliphatic rings. The fourth-order valence-corrected chi connectivity index (χ4v) is 2.38. The highest BCUT2D eigenvalue weighted by atomic mass is 19.1. The van der Waals surface area contributed by atoms with Crippen LogP contribution in [0.25, 0.3) is 0 Å². The first-order valence-corrected chi connectivity index (χ1v) is 7.53. The van der Waals surface area contributed by atoms with Gasteiger partial charge in [0.25, 0.3) is 0 Å². The lowest BCUT2D eigenvalue weighted by Gasteiger charge is -2.24. The molecule has 1 N–H and O–H groups in total. The largest absolute Gasteiger partial charge is 0.351 e. The van der Waals surface area contributed by atoms with Crippen molar-refractivity contribution in [1.29, 1.82) is 0 Å². The molecule has 0 fully saturated rings. The van der Waals surface area contributed by atoms with Crippen molar-refractivity contribution in [3.8, 4) is 0 Å². The molecule has 0 saturated heterocycles. The van der Waals surface area contributed by atoms with Gasteiger partial charge < -0.3 is 5.32 Å². The quantitative estimate of drug-likeness (QED) is 0.877. The summed E-state index contributed by atoms with van der Waals surface area (Å²) in [5.41, 5.74) is 0.839. The molecule has 2 aromatic rings. The molecular weight excluding hydrogens is 317 g/mol. The minimum Gasteiger partial charge on any atom is -0.351 e. The van der Waals surface area contributed by atoms with Crippen molar-refractivity contribution < 1.29 is 18.0 Å². The summed E-state index contributed by atoms with van der Waals surface area (Å²) in [6.07, 6.45) is 0. The van der Waals surface area contributed by atoms with Crippen LogP contribution < -0.4 is 5.32 Å². The van der Waals surface area contributed by atoms with Crippen molar-refractivity contribution in [2.24, 2.45) is 0 Å². The van der Waals surface area contributed by atoms with E-state index in [-0.39, 0.29) is 30.9 Å². The number of halogens is 3. The van der Waals surface area contributed by atoms with Crippen LogP contribution in [-0.4, -0.2) is 24.4 Å². The highest BCUT2D eigenvalue weighted by molar-refractivity contribution is 5.78. The Labute approximate surface area is 139 Å². The molecule has 0 spiro atoms. The van der Waals surface area contributed by atoms with Crippen LogP contribution in [0.1, 0.15) is 24.1 Å². The normalized spacial score (nSPS) is 12.2. The van der Waals surface area contributed by atoms with Gasteiger partial charge in [-0.15, -0.1) is 0 Å². The molecular formula is C18H19F3N2O. The number of hydrogen-bond acceptors (Lipinski definition) is 2. The molecule has 24 heavy (non-hydrogen) atoms. The summed E-state index contributed by atoms with van der Waals surface area (Å²) >= 11 is 0. The lowest BCUT2D eigenvalue weighted by atomic mass is 10.1. The topological polar surface area (TPSA) is 32.3 Å². The first-order chi connectivity index (χ1) is 11.4. The molecule has 2 rings (SSSR count). The molecule has 0 aliphatic heterocycles. The molecule has 0 aliphatic carbocycles. The maximum absolute atomic E-state index is 13.8. The first-order valence-electron chi connectivity index (χ1n) is 7.53. The summed E-state index contributed by atoms with van der Waals surface area (Å²) in [7, 11) is 1.71. The number of likely N-dealkylation sites (N-methyl/N-ethyl adjacent to an activating group) is 1. The van der Waals surface area contributed by atoms with E-state index in [9.17, 15) is 18.0 Å². The fourth-order valence-electron chi connectivity index (χ4n) is 2.38. The van der Waals surface area contributed by atoms with Gasteiger partial charge in [0, 0.05) is 24.2 Å². The Kier molecular flexibility index (Phi) is 5.98. The summed E-state index contributed by atoms with van der Waals surface area (Å²) in [4.78, 5) is 13.7. The third kappa shape index (κ3) is 4.83. The highest BCUT2D eigenvalue weighted by Crippen LogP contribution is 2.21. The molecule has 0 radical (unpaired) electrons. The van der Waals surface area contributed by atoms with Crippen molar-refractivity contribution in [1.82, 2.24) is 10.2 Å². The second kappa shape index (κ2) is 7.97. The van der Waals surface area contributed by atoms with E-state index in [2.05, 4.69) is 5.32 Å². The molecule has 1 amide bonds. The smallest absolute Gasteiger partial charge is 0.234 e. The Bertz CT molecular complexity index is 701. The summed E-state index contributed by atoms with van der Waals surface area (Å²) < 4.78 is 40.0. The molecule has 128 valence electrons. The second-order valence-electron chi connectivity index (χ2n) is 5.67. The van der Waals surface area contributed by atoms with E-state index in [0.29, 0.717) is 11.1 Å². The van der Waals surface area contributed by atoms with Crippen molar-refractivity contribution in [3.63, 3.8) is 0 Å². The van der Waals surface area contributed by atoms with E-state index in [1.54, 1.807) is 37.1 Å². The average molecular weight is 336 g/mol. The number of carbonyl (C=O) groups is 1. The Morgan fingerprint density at radius 1 is 1.12 bits per heavy atom. The predicted molar refractivity (Wildman–Crippen MR) is 85.6 cm³/mol. The maximum Gasteiger partial charge on any atom is 0.234 e. The van der Waals surface area contributed by atoms with Crippen molar-refractivity contribution in [3.05, 3.63) is 71.0 Å². The van der Waals surface area contributed by atoms with Crippen LogP contribution in [0.2, 0.25) is 0 Å². The van der Waals surface area contributed by atoms with Gasteiger partial charge in [-0.1, -0.05) is 18.2 Å². The van der Waals surface area contributed by atoms with Crippen LogP contribution in [0.5, 0.6) is 0 Å². The number of benzene rings is 2. The van der Waals surface area contributed by atoms with E-state index >= 15 is 0 Å². The van der Waals surface area contributed by atoms with Gasteiger partial charge in [0.2, 0.25) is 5.91 Å². The van der Waals surface area contributed by atoms with Crippen molar-refractivity contribution in [2.45, 2.75) is 19.5 Å². The minimum absolute atomic E-state index is 0.0232.